The zero-order valence-electron chi connectivity index (χ0n) is 19.0. The largest absolute Gasteiger partial charge is 0.336 e. The molecule has 0 aromatic carbocycles. The highest BCUT2D eigenvalue weighted by atomic mass is 16.2. The quantitative estimate of drug-likeness (QED) is 0.685. The summed E-state index contributed by atoms with van der Waals surface area (Å²) >= 11 is 0. The molecule has 32 heavy (non-hydrogen) atoms. The minimum Gasteiger partial charge on any atom is -0.336 e. The van der Waals surface area contributed by atoms with E-state index in [1.165, 1.54) is 5.56 Å². The molecule has 1 atom stereocenters. The zero-order valence-corrected chi connectivity index (χ0v) is 19.0. The third-order valence-electron chi connectivity index (χ3n) is 6.57. The van der Waals surface area contributed by atoms with Crippen LogP contribution >= 0.6 is 0 Å². The standard InChI is InChI=1S/C24H30N6O2/c1-24(2,3)23(32)29-12-8-17-19(15-29)26-21-13-18(27-30(21)22(17)31)20-5-4-11-28(20)14-16-6-9-25-10-7-16/h6-7,9-10,13,20,27H,4-5,8,11-12,14-15H2,1-3H3/t20-/m1/s1. The van der Waals surface area contributed by atoms with Crippen LogP contribution in [0.25, 0.3) is 5.65 Å². The van der Waals surface area contributed by atoms with Crippen molar-refractivity contribution in [3.05, 3.63) is 63.5 Å². The lowest BCUT2D eigenvalue weighted by Crippen LogP contribution is -2.44. The molecule has 1 saturated heterocycles. The van der Waals surface area contributed by atoms with Crippen molar-refractivity contribution in [2.24, 2.45) is 5.41 Å². The van der Waals surface area contributed by atoms with E-state index in [4.69, 9.17) is 4.98 Å². The van der Waals surface area contributed by atoms with Crippen LogP contribution in [0.4, 0.5) is 0 Å². The molecule has 0 unspecified atom stereocenters. The average molecular weight is 435 g/mol. The predicted octanol–water partition coefficient (Wildman–Crippen LogP) is 2.69. The topological polar surface area (TPSA) is 86.6 Å². The number of aromatic amines is 1. The molecule has 2 aliphatic heterocycles. The Morgan fingerprint density at radius 3 is 2.75 bits per heavy atom. The number of nitrogens with one attached hydrogen (secondary N) is 1. The van der Waals surface area contributed by atoms with Crippen LogP contribution in [0.5, 0.6) is 0 Å². The summed E-state index contributed by atoms with van der Waals surface area (Å²) in [4.78, 5) is 39.1. The third-order valence-corrected chi connectivity index (χ3v) is 6.57. The number of pyridine rings is 1. The van der Waals surface area contributed by atoms with E-state index in [1.807, 2.05) is 56.3 Å². The average Bonchev–Trinajstić information content (AvgIpc) is 3.40. The highest BCUT2D eigenvalue weighted by Crippen LogP contribution is 2.33. The molecule has 0 spiro atoms. The van der Waals surface area contributed by atoms with E-state index in [9.17, 15) is 9.59 Å². The highest BCUT2D eigenvalue weighted by molar-refractivity contribution is 5.81. The number of fused-ring (bicyclic) bond motifs is 2. The van der Waals surface area contributed by atoms with Crippen LogP contribution in [0, 0.1) is 5.41 Å². The third kappa shape index (κ3) is 3.72. The molecule has 5 rings (SSSR count). The van der Waals surface area contributed by atoms with Crippen molar-refractivity contribution in [2.75, 3.05) is 13.1 Å². The van der Waals surface area contributed by atoms with Gasteiger partial charge in [0.2, 0.25) is 5.91 Å². The van der Waals surface area contributed by atoms with Gasteiger partial charge in [-0.05, 0) is 43.5 Å². The van der Waals surface area contributed by atoms with Crippen LogP contribution < -0.4 is 5.56 Å². The van der Waals surface area contributed by atoms with Crippen LogP contribution in [0.1, 0.15) is 62.2 Å². The Bertz CT molecular complexity index is 1210. The van der Waals surface area contributed by atoms with Gasteiger partial charge in [-0.1, -0.05) is 20.8 Å². The van der Waals surface area contributed by atoms with Crippen molar-refractivity contribution in [3.8, 4) is 0 Å². The lowest BCUT2D eigenvalue weighted by atomic mass is 9.93. The summed E-state index contributed by atoms with van der Waals surface area (Å²) in [6.07, 6.45) is 6.35. The van der Waals surface area contributed by atoms with E-state index in [2.05, 4.69) is 15.0 Å². The van der Waals surface area contributed by atoms with Crippen molar-refractivity contribution in [3.63, 3.8) is 0 Å². The van der Waals surface area contributed by atoms with Crippen molar-refractivity contribution < 1.29 is 4.79 Å². The number of carbonyl (C=O) groups excluding carboxylic acids is 1. The van der Waals surface area contributed by atoms with Crippen LogP contribution in [-0.4, -0.2) is 48.4 Å². The summed E-state index contributed by atoms with van der Waals surface area (Å²) in [5.74, 6) is 0.0950. The van der Waals surface area contributed by atoms with Crippen LogP contribution in [-0.2, 0) is 24.3 Å². The fraction of sp³-hybridized carbons (Fsp3) is 0.500. The number of carbonyl (C=O) groups is 1. The number of likely N-dealkylation sites (tertiary alicyclic amines) is 1. The van der Waals surface area contributed by atoms with E-state index in [1.54, 1.807) is 4.52 Å². The Morgan fingerprint density at radius 1 is 1.22 bits per heavy atom. The van der Waals surface area contributed by atoms with Crippen molar-refractivity contribution in [2.45, 2.75) is 59.2 Å². The lowest BCUT2D eigenvalue weighted by molar-refractivity contribution is -0.140. The smallest absolute Gasteiger partial charge is 0.276 e. The highest BCUT2D eigenvalue weighted by Gasteiger charge is 2.32. The fourth-order valence-corrected chi connectivity index (χ4v) is 4.92. The number of hydrogen-bond acceptors (Lipinski definition) is 5. The number of hydrogen-bond donors (Lipinski definition) is 1. The molecule has 1 fully saturated rings. The van der Waals surface area contributed by atoms with Gasteiger partial charge in [0.25, 0.3) is 5.56 Å². The molecule has 0 saturated carbocycles. The second-order valence-corrected chi connectivity index (χ2v) is 9.96. The predicted molar refractivity (Wildman–Crippen MR) is 121 cm³/mol. The normalized spacial score (nSPS) is 19.5. The molecule has 0 aliphatic carbocycles. The molecule has 3 aromatic rings. The number of nitrogens with zero attached hydrogens (tertiary/aromatic N) is 5. The Labute approximate surface area is 187 Å². The number of rotatable bonds is 3. The van der Waals surface area contributed by atoms with Crippen LogP contribution in [0.2, 0.25) is 0 Å². The minimum atomic E-state index is -0.446. The Kier molecular flexibility index (Phi) is 5.12. The van der Waals surface area contributed by atoms with E-state index in [-0.39, 0.29) is 17.5 Å². The molecule has 1 amide bonds. The molecular weight excluding hydrogens is 404 g/mol. The summed E-state index contributed by atoms with van der Waals surface area (Å²) in [7, 11) is 0. The summed E-state index contributed by atoms with van der Waals surface area (Å²) in [6, 6.07) is 6.32. The summed E-state index contributed by atoms with van der Waals surface area (Å²) < 4.78 is 1.58. The Balaban J connectivity index is 1.44. The molecular formula is C24H30N6O2. The van der Waals surface area contributed by atoms with E-state index in [0.717, 1.165) is 37.3 Å². The summed E-state index contributed by atoms with van der Waals surface area (Å²) in [6.45, 7) is 8.60. The second-order valence-electron chi connectivity index (χ2n) is 9.96. The van der Waals surface area contributed by atoms with Crippen molar-refractivity contribution in [1.82, 2.24) is 29.4 Å². The number of H-pyrrole nitrogens is 1. The molecule has 2 aliphatic rings. The van der Waals surface area contributed by atoms with Crippen molar-refractivity contribution >= 4 is 11.6 Å². The van der Waals surface area contributed by atoms with E-state index in [0.29, 0.717) is 30.7 Å². The van der Waals surface area contributed by atoms with Crippen molar-refractivity contribution in [1.29, 1.82) is 0 Å². The van der Waals surface area contributed by atoms with Gasteiger partial charge in [-0.15, -0.1) is 0 Å². The zero-order chi connectivity index (χ0) is 22.5. The van der Waals surface area contributed by atoms with Gasteiger partial charge in [0.15, 0.2) is 5.65 Å². The second kappa shape index (κ2) is 7.85. The Hall–Kier alpha value is -3.00. The maximum atomic E-state index is 13.2. The van der Waals surface area contributed by atoms with Gasteiger partial charge in [0, 0.05) is 42.5 Å². The Morgan fingerprint density at radius 2 is 2.00 bits per heavy atom. The first kappa shape index (κ1) is 20.9. The van der Waals surface area contributed by atoms with Gasteiger partial charge in [0.1, 0.15) is 0 Å². The molecule has 0 radical (unpaired) electrons. The maximum Gasteiger partial charge on any atom is 0.276 e. The van der Waals surface area contributed by atoms with Gasteiger partial charge in [0.05, 0.1) is 24.0 Å². The van der Waals surface area contributed by atoms with Gasteiger partial charge < -0.3 is 4.90 Å². The minimum absolute atomic E-state index is 0.0437. The van der Waals surface area contributed by atoms with Gasteiger partial charge >= 0.3 is 0 Å². The first-order valence-electron chi connectivity index (χ1n) is 11.4. The molecule has 3 aromatic heterocycles. The first-order valence-corrected chi connectivity index (χ1v) is 11.4. The van der Waals surface area contributed by atoms with Gasteiger partial charge in [-0.25, -0.2) is 9.50 Å². The number of aromatic nitrogens is 4. The summed E-state index contributed by atoms with van der Waals surface area (Å²) in [5, 5.41) is 3.34. The van der Waals surface area contributed by atoms with Crippen LogP contribution in [0.3, 0.4) is 0 Å². The monoisotopic (exact) mass is 434 g/mol. The summed E-state index contributed by atoms with van der Waals surface area (Å²) in [5.41, 5.74) is 3.84. The lowest BCUT2D eigenvalue weighted by Gasteiger charge is -2.32. The SMILES string of the molecule is CC(C)(C)C(=O)N1CCc2c(nc3cc([C@H]4CCCN4Cc4ccncc4)[nH]n3c2=O)C1. The van der Waals surface area contributed by atoms with Crippen LogP contribution in [0.15, 0.2) is 35.4 Å². The van der Waals surface area contributed by atoms with E-state index < -0.39 is 5.41 Å². The fourth-order valence-electron chi connectivity index (χ4n) is 4.92. The maximum absolute atomic E-state index is 13.2. The molecule has 168 valence electrons. The first-order chi connectivity index (χ1) is 15.3. The molecule has 1 N–H and O–H groups in total. The van der Waals surface area contributed by atoms with Gasteiger partial charge in [-0.2, -0.15) is 0 Å². The molecule has 0 bridgehead atoms. The molecule has 8 nitrogen and oxygen atoms in total. The van der Waals surface area contributed by atoms with Gasteiger partial charge in [-0.3, -0.25) is 24.6 Å². The number of amides is 1. The molecule has 5 heterocycles. The molecule has 8 heteroatoms. The van der Waals surface area contributed by atoms with E-state index >= 15 is 0 Å².